The van der Waals surface area contributed by atoms with Gasteiger partial charge in [-0.2, -0.15) is 0 Å². The van der Waals surface area contributed by atoms with Gasteiger partial charge in [0.15, 0.2) is 0 Å². The molecule has 1 aromatic heterocycles. The molecule has 4 aromatic carbocycles. The predicted octanol–water partition coefficient (Wildman–Crippen LogP) is 7.73. The second-order valence-corrected chi connectivity index (χ2v) is 7.86. The highest BCUT2D eigenvalue weighted by molar-refractivity contribution is 5.82. The molecule has 0 atom stereocenters. The van der Waals surface area contributed by atoms with Crippen molar-refractivity contribution < 1.29 is 8.78 Å². The first-order valence-corrected chi connectivity index (χ1v) is 10.6. The van der Waals surface area contributed by atoms with Crippen LogP contribution in [-0.2, 0) is 0 Å². The molecule has 4 heteroatoms. The van der Waals surface area contributed by atoms with Crippen molar-refractivity contribution in [2.75, 3.05) is 0 Å². The highest BCUT2D eigenvalue weighted by atomic mass is 19.1. The minimum Gasteiger partial charge on any atom is -0.252 e. The molecule has 0 spiro atoms. The first-order valence-electron chi connectivity index (χ1n) is 10.6. The maximum Gasteiger partial charge on any atom is 0.123 e. The largest absolute Gasteiger partial charge is 0.252 e. The van der Waals surface area contributed by atoms with E-state index in [1.165, 1.54) is 24.3 Å². The zero-order valence-corrected chi connectivity index (χ0v) is 18.0. The molecule has 160 valence electrons. The highest BCUT2D eigenvalue weighted by Crippen LogP contribution is 2.34. The molecule has 0 bridgehead atoms. The summed E-state index contributed by atoms with van der Waals surface area (Å²) < 4.78 is 27.2. The first-order chi connectivity index (χ1) is 16.1. The van der Waals surface area contributed by atoms with E-state index in [0.29, 0.717) is 17.1 Å². The third-order valence-electron chi connectivity index (χ3n) is 5.62. The van der Waals surface area contributed by atoms with Crippen molar-refractivity contribution in [3.8, 4) is 44.9 Å². The summed E-state index contributed by atoms with van der Waals surface area (Å²) in [6.07, 6.45) is 1.67. The van der Waals surface area contributed by atoms with Gasteiger partial charge >= 0.3 is 0 Å². The number of nitrogens with zero attached hydrogens (tertiary/aromatic N) is 2. The van der Waals surface area contributed by atoms with Crippen LogP contribution in [0, 0.1) is 18.6 Å². The molecule has 0 aliphatic carbocycles. The van der Waals surface area contributed by atoms with Crippen molar-refractivity contribution in [3.05, 3.63) is 120 Å². The topological polar surface area (TPSA) is 25.8 Å². The monoisotopic (exact) mass is 434 g/mol. The summed E-state index contributed by atoms with van der Waals surface area (Å²) >= 11 is 0. The van der Waals surface area contributed by atoms with Crippen LogP contribution < -0.4 is 0 Å². The van der Waals surface area contributed by atoms with Crippen LogP contribution in [0.15, 0.2) is 103 Å². The number of aromatic nitrogens is 2. The van der Waals surface area contributed by atoms with E-state index in [1.807, 2.05) is 37.3 Å². The Morgan fingerprint density at radius 3 is 1.88 bits per heavy atom. The quantitative estimate of drug-likeness (QED) is 0.289. The van der Waals surface area contributed by atoms with Crippen molar-refractivity contribution in [3.63, 3.8) is 0 Å². The normalized spacial score (nSPS) is 10.9. The molecule has 0 N–H and O–H groups in total. The van der Waals surface area contributed by atoms with Crippen LogP contribution in [0.25, 0.3) is 44.9 Å². The average molecular weight is 434 g/mol. The molecular formula is C29H20F2N2. The summed E-state index contributed by atoms with van der Waals surface area (Å²) in [5.74, 6) is -0.595. The Hall–Kier alpha value is -4.18. The van der Waals surface area contributed by atoms with E-state index in [1.54, 1.807) is 24.4 Å². The lowest BCUT2D eigenvalue weighted by Crippen LogP contribution is -1.98. The SMILES string of the molecule is Cc1cc(F)ccc1-c1ncc(-c2ccc(F)cc2)nc1-c1ccc(-c2ccccc2)cc1. The Morgan fingerprint density at radius 2 is 1.18 bits per heavy atom. The first kappa shape index (κ1) is 20.7. The maximum absolute atomic E-state index is 13.7. The fourth-order valence-corrected chi connectivity index (χ4v) is 3.89. The molecule has 0 aliphatic heterocycles. The molecule has 0 saturated carbocycles. The molecule has 0 unspecified atom stereocenters. The Labute approximate surface area is 191 Å². The summed E-state index contributed by atoms with van der Waals surface area (Å²) in [7, 11) is 0. The number of rotatable bonds is 4. The fourth-order valence-electron chi connectivity index (χ4n) is 3.89. The van der Waals surface area contributed by atoms with Crippen LogP contribution in [0.3, 0.4) is 0 Å². The molecule has 5 rings (SSSR count). The van der Waals surface area contributed by atoms with Crippen LogP contribution in [-0.4, -0.2) is 9.97 Å². The third kappa shape index (κ3) is 4.28. The van der Waals surface area contributed by atoms with Gasteiger partial charge in [0.25, 0.3) is 0 Å². The second-order valence-electron chi connectivity index (χ2n) is 7.86. The van der Waals surface area contributed by atoms with Gasteiger partial charge in [-0.1, -0.05) is 54.6 Å². The van der Waals surface area contributed by atoms with Gasteiger partial charge in [0.05, 0.1) is 23.3 Å². The fraction of sp³-hybridized carbons (Fsp3) is 0.0345. The van der Waals surface area contributed by atoms with Crippen molar-refractivity contribution in [1.29, 1.82) is 0 Å². The average Bonchev–Trinajstić information content (AvgIpc) is 2.85. The van der Waals surface area contributed by atoms with E-state index < -0.39 is 0 Å². The van der Waals surface area contributed by atoms with Gasteiger partial charge in [0.2, 0.25) is 0 Å². The van der Waals surface area contributed by atoms with Gasteiger partial charge in [-0.05, 0) is 66.1 Å². The maximum atomic E-state index is 13.7. The summed E-state index contributed by atoms with van der Waals surface area (Å²) in [5, 5.41) is 0. The minimum atomic E-state index is -0.304. The Morgan fingerprint density at radius 1 is 0.576 bits per heavy atom. The molecule has 5 aromatic rings. The Bertz CT molecular complexity index is 1410. The second kappa shape index (κ2) is 8.75. The molecule has 0 aliphatic rings. The molecule has 33 heavy (non-hydrogen) atoms. The Kier molecular flexibility index (Phi) is 5.49. The van der Waals surface area contributed by atoms with Gasteiger partial charge in [-0.25, -0.2) is 13.8 Å². The van der Waals surface area contributed by atoms with Crippen molar-refractivity contribution in [2.24, 2.45) is 0 Å². The van der Waals surface area contributed by atoms with Crippen LogP contribution in [0.4, 0.5) is 8.78 Å². The summed E-state index contributed by atoms with van der Waals surface area (Å²) in [6.45, 7) is 1.86. The third-order valence-corrected chi connectivity index (χ3v) is 5.62. The molecule has 0 saturated heterocycles. The van der Waals surface area contributed by atoms with E-state index in [2.05, 4.69) is 24.3 Å². The number of benzene rings is 4. The zero-order valence-electron chi connectivity index (χ0n) is 18.0. The van der Waals surface area contributed by atoms with Gasteiger partial charge in [0, 0.05) is 16.7 Å². The number of hydrogen-bond acceptors (Lipinski definition) is 2. The van der Waals surface area contributed by atoms with Gasteiger partial charge in [0.1, 0.15) is 11.6 Å². The van der Waals surface area contributed by atoms with Crippen LogP contribution >= 0.6 is 0 Å². The lowest BCUT2D eigenvalue weighted by atomic mass is 9.98. The number of aryl methyl sites for hydroxylation is 1. The smallest absolute Gasteiger partial charge is 0.123 e. The molecule has 0 radical (unpaired) electrons. The molecule has 0 fully saturated rings. The van der Waals surface area contributed by atoms with Crippen molar-refractivity contribution in [1.82, 2.24) is 9.97 Å². The van der Waals surface area contributed by atoms with E-state index in [0.717, 1.165) is 33.4 Å². The number of halogens is 2. The van der Waals surface area contributed by atoms with Crippen molar-refractivity contribution in [2.45, 2.75) is 6.92 Å². The van der Waals surface area contributed by atoms with Crippen LogP contribution in [0.5, 0.6) is 0 Å². The van der Waals surface area contributed by atoms with E-state index in [9.17, 15) is 8.78 Å². The summed E-state index contributed by atoms with van der Waals surface area (Å²) in [6, 6.07) is 29.1. The minimum absolute atomic E-state index is 0.291. The van der Waals surface area contributed by atoms with Crippen LogP contribution in [0.1, 0.15) is 5.56 Å². The molecule has 1 heterocycles. The lowest BCUT2D eigenvalue weighted by Gasteiger charge is -2.13. The zero-order chi connectivity index (χ0) is 22.8. The predicted molar refractivity (Wildman–Crippen MR) is 128 cm³/mol. The van der Waals surface area contributed by atoms with Crippen molar-refractivity contribution >= 4 is 0 Å². The Balaban J connectivity index is 1.65. The molecular weight excluding hydrogens is 414 g/mol. The van der Waals surface area contributed by atoms with Gasteiger partial charge in [-0.15, -0.1) is 0 Å². The standard InChI is InChI=1S/C29H20F2N2/c1-19-17-25(31)15-16-26(19)29-28(33-27(18-32-29)22-11-13-24(30)14-12-22)23-9-7-21(8-10-23)20-5-3-2-4-6-20/h2-18H,1H3. The number of hydrogen-bond donors (Lipinski definition) is 0. The van der Waals surface area contributed by atoms with Gasteiger partial charge in [-0.3, -0.25) is 4.98 Å². The van der Waals surface area contributed by atoms with E-state index >= 15 is 0 Å². The summed E-state index contributed by atoms with van der Waals surface area (Å²) in [4.78, 5) is 9.62. The van der Waals surface area contributed by atoms with E-state index in [-0.39, 0.29) is 11.6 Å². The van der Waals surface area contributed by atoms with Gasteiger partial charge < -0.3 is 0 Å². The summed E-state index contributed by atoms with van der Waals surface area (Å²) in [5.41, 5.74) is 7.49. The van der Waals surface area contributed by atoms with Crippen LogP contribution in [0.2, 0.25) is 0 Å². The molecule has 0 amide bonds. The molecule has 2 nitrogen and oxygen atoms in total. The van der Waals surface area contributed by atoms with E-state index in [4.69, 9.17) is 9.97 Å². The lowest BCUT2D eigenvalue weighted by molar-refractivity contribution is 0.626. The highest BCUT2D eigenvalue weighted by Gasteiger charge is 2.16.